The minimum Gasteiger partial charge on any atom is -0.325 e. The second kappa shape index (κ2) is 6.07. The van der Waals surface area contributed by atoms with Crippen LogP contribution in [-0.4, -0.2) is 23.0 Å². The monoisotopic (exact) mass is 309 g/mol. The summed E-state index contributed by atoms with van der Waals surface area (Å²) in [5, 5.41) is 12.3. The van der Waals surface area contributed by atoms with Crippen LogP contribution in [0, 0.1) is 0 Å². The number of hydrogen-bond acceptors (Lipinski definition) is 4. The van der Waals surface area contributed by atoms with E-state index in [2.05, 4.69) is 43.6 Å². The van der Waals surface area contributed by atoms with Crippen LogP contribution in [0.4, 0.5) is 5.69 Å². The number of hydrogen-bond donors (Lipinski definition) is 3. The molecule has 1 fully saturated rings. The largest absolute Gasteiger partial charge is 0.325 e. The number of anilines is 1. The van der Waals surface area contributed by atoms with E-state index in [1.54, 1.807) is 18.3 Å². The molecule has 0 bridgehead atoms. The zero-order valence-electron chi connectivity index (χ0n) is 13.7. The molecule has 1 aliphatic heterocycles. The Hall–Kier alpha value is -0.910. The Morgan fingerprint density at radius 3 is 2.52 bits per heavy atom. The Bertz CT molecular complexity index is 491. The van der Waals surface area contributed by atoms with E-state index in [1.807, 2.05) is 11.4 Å². The van der Waals surface area contributed by atoms with Crippen LogP contribution in [0.3, 0.4) is 0 Å². The van der Waals surface area contributed by atoms with Gasteiger partial charge in [0.2, 0.25) is 5.91 Å². The van der Waals surface area contributed by atoms with Crippen molar-refractivity contribution in [1.82, 2.24) is 10.6 Å². The van der Waals surface area contributed by atoms with Gasteiger partial charge in [0.25, 0.3) is 0 Å². The zero-order chi connectivity index (χ0) is 15.7. The van der Waals surface area contributed by atoms with Crippen LogP contribution in [0.25, 0.3) is 0 Å². The summed E-state index contributed by atoms with van der Waals surface area (Å²) in [6.45, 7) is 11.4. The van der Waals surface area contributed by atoms with E-state index in [-0.39, 0.29) is 17.0 Å². The van der Waals surface area contributed by atoms with Crippen molar-refractivity contribution in [1.29, 1.82) is 0 Å². The molecule has 5 heteroatoms. The van der Waals surface area contributed by atoms with E-state index in [0.29, 0.717) is 6.04 Å². The molecule has 0 radical (unpaired) electrons. The van der Waals surface area contributed by atoms with Gasteiger partial charge in [-0.05, 0) is 52.0 Å². The maximum absolute atomic E-state index is 11.2. The second-order valence-corrected chi connectivity index (χ2v) is 8.32. The van der Waals surface area contributed by atoms with Gasteiger partial charge in [-0.15, -0.1) is 11.3 Å². The number of amides is 1. The van der Waals surface area contributed by atoms with Gasteiger partial charge in [-0.25, -0.2) is 0 Å². The molecule has 1 aliphatic rings. The summed E-state index contributed by atoms with van der Waals surface area (Å²) in [5.41, 5.74) is 1.23. The molecular weight excluding hydrogens is 282 g/mol. The molecule has 118 valence electrons. The van der Waals surface area contributed by atoms with E-state index in [0.717, 1.165) is 25.1 Å². The van der Waals surface area contributed by atoms with Crippen molar-refractivity contribution >= 4 is 22.9 Å². The summed E-state index contributed by atoms with van der Waals surface area (Å²) >= 11 is 1.69. The average molecular weight is 309 g/mol. The molecule has 3 N–H and O–H groups in total. The molecule has 1 aromatic heterocycles. The number of rotatable bonds is 4. The van der Waals surface area contributed by atoms with Gasteiger partial charge in [0.05, 0.1) is 5.69 Å². The molecule has 0 aromatic carbocycles. The van der Waals surface area contributed by atoms with Crippen molar-refractivity contribution in [3.05, 3.63) is 16.3 Å². The Kier molecular flexibility index (Phi) is 4.76. The number of carbonyl (C=O) groups is 1. The zero-order valence-corrected chi connectivity index (χ0v) is 14.5. The quantitative estimate of drug-likeness (QED) is 0.801. The van der Waals surface area contributed by atoms with Crippen molar-refractivity contribution < 1.29 is 4.79 Å². The summed E-state index contributed by atoms with van der Waals surface area (Å²) in [5.74, 6) is -0.0150. The molecule has 0 atom stereocenters. The topological polar surface area (TPSA) is 53.2 Å². The number of nitrogens with one attached hydrogen (secondary N) is 3. The van der Waals surface area contributed by atoms with E-state index < -0.39 is 0 Å². The third-order valence-corrected chi connectivity index (χ3v) is 4.72. The normalized spacial score (nSPS) is 21.2. The maximum atomic E-state index is 11.2. The molecule has 0 spiro atoms. The van der Waals surface area contributed by atoms with E-state index in [1.165, 1.54) is 4.88 Å². The maximum Gasteiger partial charge on any atom is 0.221 e. The minimum absolute atomic E-state index is 0.0150. The van der Waals surface area contributed by atoms with Crippen molar-refractivity contribution in [2.24, 2.45) is 0 Å². The fourth-order valence-corrected chi connectivity index (χ4v) is 4.26. The van der Waals surface area contributed by atoms with E-state index in [9.17, 15) is 4.79 Å². The summed E-state index contributed by atoms with van der Waals surface area (Å²) < 4.78 is 0. The highest BCUT2D eigenvalue weighted by molar-refractivity contribution is 7.10. The van der Waals surface area contributed by atoms with Gasteiger partial charge in [-0.3, -0.25) is 4.79 Å². The molecule has 0 saturated carbocycles. The van der Waals surface area contributed by atoms with Crippen LogP contribution in [0.2, 0.25) is 0 Å². The Labute approximate surface area is 131 Å². The first-order valence-corrected chi connectivity index (χ1v) is 8.41. The van der Waals surface area contributed by atoms with Crippen molar-refractivity contribution in [2.45, 2.75) is 71.1 Å². The fraction of sp³-hybridized carbons (Fsp3) is 0.688. The van der Waals surface area contributed by atoms with Gasteiger partial charge < -0.3 is 16.0 Å². The van der Waals surface area contributed by atoms with Crippen molar-refractivity contribution in [3.8, 4) is 0 Å². The van der Waals surface area contributed by atoms with Gasteiger partial charge in [0, 0.05) is 35.5 Å². The number of carbonyl (C=O) groups excluding carboxylic acids is 1. The van der Waals surface area contributed by atoms with Crippen molar-refractivity contribution in [3.63, 3.8) is 0 Å². The Morgan fingerprint density at radius 2 is 1.95 bits per heavy atom. The minimum atomic E-state index is -0.0150. The highest BCUT2D eigenvalue weighted by Crippen LogP contribution is 2.29. The lowest BCUT2D eigenvalue weighted by Crippen LogP contribution is -2.61. The summed E-state index contributed by atoms with van der Waals surface area (Å²) in [6.07, 6.45) is 2.22. The molecule has 1 amide bonds. The van der Waals surface area contributed by atoms with Crippen LogP contribution in [0.1, 0.15) is 52.3 Å². The molecule has 4 nitrogen and oxygen atoms in total. The highest BCUT2D eigenvalue weighted by Gasteiger charge is 2.37. The molecule has 21 heavy (non-hydrogen) atoms. The Balaban J connectivity index is 1.97. The lowest BCUT2D eigenvalue weighted by atomic mass is 9.79. The third kappa shape index (κ3) is 4.80. The smallest absolute Gasteiger partial charge is 0.221 e. The van der Waals surface area contributed by atoms with Crippen LogP contribution in [0.5, 0.6) is 0 Å². The molecule has 2 rings (SSSR count). The molecule has 0 aliphatic carbocycles. The first-order valence-electron chi connectivity index (χ1n) is 7.54. The standard InChI is InChI=1S/C16H27N3OS/c1-11(20)18-13-6-7-21-14(13)10-17-12-8-15(2,3)19-16(4,5)9-12/h6-7,12,17,19H,8-10H2,1-5H3,(H,18,20). The number of thiophene rings is 1. The first-order chi connectivity index (χ1) is 9.67. The average Bonchev–Trinajstić information content (AvgIpc) is 2.68. The van der Waals surface area contributed by atoms with Gasteiger partial charge in [0.1, 0.15) is 0 Å². The van der Waals surface area contributed by atoms with Gasteiger partial charge in [-0.2, -0.15) is 0 Å². The Morgan fingerprint density at radius 1 is 1.33 bits per heavy atom. The summed E-state index contributed by atoms with van der Waals surface area (Å²) in [4.78, 5) is 12.4. The lowest BCUT2D eigenvalue weighted by Gasteiger charge is -2.46. The summed E-state index contributed by atoms with van der Waals surface area (Å²) in [6, 6.07) is 2.46. The SMILES string of the molecule is CC(=O)Nc1ccsc1CNC1CC(C)(C)NC(C)(C)C1. The third-order valence-electron chi connectivity index (χ3n) is 3.80. The van der Waals surface area contributed by atoms with Gasteiger partial charge >= 0.3 is 0 Å². The first kappa shape index (κ1) is 16.5. The molecule has 2 heterocycles. The van der Waals surface area contributed by atoms with Crippen LogP contribution in [0.15, 0.2) is 11.4 Å². The van der Waals surface area contributed by atoms with E-state index in [4.69, 9.17) is 0 Å². The predicted octanol–water partition coefficient (Wildman–Crippen LogP) is 3.11. The fourth-order valence-electron chi connectivity index (χ4n) is 3.48. The second-order valence-electron chi connectivity index (χ2n) is 7.32. The molecule has 0 unspecified atom stereocenters. The van der Waals surface area contributed by atoms with Crippen LogP contribution in [-0.2, 0) is 11.3 Å². The van der Waals surface area contributed by atoms with Gasteiger partial charge in [-0.1, -0.05) is 0 Å². The lowest BCUT2D eigenvalue weighted by molar-refractivity contribution is -0.114. The van der Waals surface area contributed by atoms with E-state index >= 15 is 0 Å². The van der Waals surface area contributed by atoms with Crippen LogP contribution < -0.4 is 16.0 Å². The van der Waals surface area contributed by atoms with Crippen molar-refractivity contribution in [2.75, 3.05) is 5.32 Å². The predicted molar refractivity (Wildman–Crippen MR) is 89.8 cm³/mol. The summed E-state index contributed by atoms with van der Waals surface area (Å²) in [7, 11) is 0. The highest BCUT2D eigenvalue weighted by atomic mass is 32.1. The van der Waals surface area contributed by atoms with Gasteiger partial charge in [0.15, 0.2) is 0 Å². The number of piperidine rings is 1. The molecule has 1 aromatic rings. The van der Waals surface area contributed by atoms with Crippen LogP contribution >= 0.6 is 11.3 Å². The molecule has 1 saturated heterocycles. The molecular formula is C16H27N3OS.